The number of fused-ring (bicyclic) bond motifs is 1. The Balaban J connectivity index is 1.36. The second-order valence-corrected chi connectivity index (χ2v) is 6.90. The van der Waals surface area contributed by atoms with Crippen molar-refractivity contribution in [2.45, 2.75) is 18.6 Å². The Kier molecular flexibility index (Phi) is 4.41. The van der Waals surface area contributed by atoms with Gasteiger partial charge in [0.25, 0.3) is 0 Å². The molecule has 0 bridgehead atoms. The summed E-state index contributed by atoms with van der Waals surface area (Å²) in [6, 6.07) is 7.55. The Hall–Kier alpha value is -2.03. The number of β-amino-alcohol motifs (C(OH)–C–C–N with tert-alkyl or cyclic N) is 1. The van der Waals surface area contributed by atoms with Crippen molar-refractivity contribution in [1.29, 1.82) is 0 Å². The van der Waals surface area contributed by atoms with E-state index in [-0.39, 0.29) is 12.5 Å². The summed E-state index contributed by atoms with van der Waals surface area (Å²) in [7, 11) is 0. The third-order valence-electron chi connectivity index (χ3n) is 4.91. The standard InChI is InChI=1S/C17H23N5O3/c23-16(11-22-18-14-3-1-2-4-15(14)19-22)21-6-5-17(24,13-21)12-20-7-9-25-10-8-20/h1-4,24H,5-13H2. The fourth-order valence-electron chi connectivity index (χ4n) is 3.57. The highest BCUT2D eigenvalue weighted by atomic mass is 16.5. The maximum absolute atomic E-state index is 12.6. The minimum atomic E-state index is -0.838. The van der Waals surface area contributed by atoms with E-state index in [0.717, 1.165) is 24.1 Å². The van der Waals surface area contributed by atoms with Gasteiger partial charge in [0.2, 0.25) is 5.91 Å². The highest BCUT2D eigenvalue weighted by Crippen LogP contribution is 2.23. The first-order chi connectivity index (χ1) is 12.1. The third-order valence-corrected chi connectivity index (χ3v) is 4.91. The quantitative estimate of drug-likeness (QED) is 0.821. The van der Waals surface area contributed by atoms with Crippen molar-refractivity contribution in [2.24, 2.45) is 0 Å². The topological polar surface area (TPSA) is 83.7 Å². The van der Waals surface area contributed by atoms with Crippen molar-refractivity contribution in [3.05, 3.63) is 24.3 Å². The summed E-state index contributed by atoms with van der Waals surface area (Å²) in [5.41, 5.74) is 0.719. The van der Waals surface area contributed by atoms with Crippen LogP contribution in [0.1, 0.15) is 6.42 Å². The van der Waals surface area contributed by atoms with Gasteiger partial charge in [-0.15, -0.1) is 0 Å². The zero-order valence-corrected chi connectivity index (χ0v) is 14.2. The van der Waals surface area contributed by atoms with Crippen molar-refractivity contribution in [1.82, 2.24) is 24.8 Å². The smallest absolute Gasteiger partial charge is 0.246 e. The molecule has 1 atom stereocenters. The summed E-state index contributed by atoms with van der Waals surface area (Å²) in [4.78, 5) is 17.9. The molecule has 0 saturated carbocycles. The van der Waals surface area contributed by atoms with E-state index in [1.54, 1.807) is 4.90 Å². The Bertz CT molecular complexity index is 725. The largest absolute Gasteiger partial charge is 0.387 e. The van der Waals surface area contributed by atoms with Gasteiger partial charge < -0.3 is 14.7 Å². The normalized spacial score (nSPS) is 24.9. The molecule has 4 rings (SSSR count). The van der Waals surface area contributed by atoms with Crippen molar-refractivity contribution in [3.63, 3.8) is 0 Å². The first-order valence-corrected chi connectivity index (χ1v) is 8.71. The zero-order chi connectivity index (χ0) is 17.3. The van der Waals surface area contributed by atoms with Gasteiger partial charge in [0.1, 0.15) is 17.6 Å². The number of carbonyl (C=O) groups excluding carboxylic acids is 1. The van der Waals surface area contributed by atoms with Gasteiger partial charge in [-0.25, -0.2) is 0 Å². The number of carbonyl (C=O) groups is 1. The molecule has 1 N–H and O–H groups in total. The minimum Gasteiger partial charge on any atom is -0.387 e. The van der Waals surface area contributed by atoms with E-state index in [4.69, 9.17) is 4.74 Å². The number of nitrogens with zero attached hydrogens (tertiary/aromatic N) is 5. The Labute approximate surface area is 146 Å². The molecule has 8 nitrogen and oxygen atoms in total. The van der Waals surface area contributed by atoms with Gasteiger partial charge in [-0.2, -0.15) is 15.0 Å². The summed E-state index contributed by atoms with van der Waals surface area (Å²) in [6.45, 7) is 4.70. The molecular formula is C17H23N5O3. The van der Waals surface area contributed by atoms with Gasteiger partial charge >= 0.3 is 0 Å². The molecule has 3 heterocycles. The molecule has 1 unspecified atom stereocenters. The number of likely N-dealkylation sites (tertiary alicyclic amines) is 1. The second kappa shape index (κ2) is 6.70. The average Bonchev–Trinajstić information content (AvgIpc) is 3.19. The van der Waals surface area contributed by atoms with E-state index in [9.17, 15) is 9.90 Å². The molecule has 2 saturated heterocycles. The molecule has 1 aromatic carbocycles. The summed E-state index contributed by atoms with van der Waals surface area (Å²) >= 11 is 0. The summed E-state index contributed by atoms with van der Waals surface area (Å²) in [5.74, 6) is -0.0572. The minimum absolute atomic E-state index is 0.0572. The van der Waals surface area contributed by atoms with Crippen LogP contribution in [0.3, 0.4) is 0 Å². The van der Waals surface area contributed by atoms with E-state index >= 15 is 0 Å². The lowest BCUT2D eigenvalue weighted by Gasteiger charge is -2.33. The van der Waals surface area contributed by atoms with Crippen LogP contribution in [0, 0.1) is 0 Å². The zero-order valence-electron chi connectivity index (χ0n) is 14.2. The summed E-state index contributed by atoms with van der Waals surface area (Å²) in [6.07, 6.45) is 0.602. The van der Waals surface area contributed by atoms with Crippen LogP contribution in [0.2, 0.25) is 0 Å². The van der Waals surface area contributed by atoms with Gasteiger partial charge in [0, 0.05) is 26.2 Å². The van der Waals surface area contributed by atoms with Crippen LogP contribution >= 0.6 is 0 Å². The number of amides is 1. The number of aliphatic hydroxyl groups is 1. The Morgan fingerprint density at radius 1 is 1.16 bits per heavy atom. The molecule has 1 amide bonds. The lowest BCUT2D eigenvalue weighted by Crippen LogP contribution is -2.49. The maximum Gasteiger partial charge on any atom is 0.246 e. The number of hydrogen-bond acceptors (Lipinski definition) is 6. The number of aromatic nitrogens is 3. The van der Waals surface area contributed by atoms with Crippen molar-refractivity contribution < 1.29 is 14.6 Å². The first-order valence-electron chi connectivity index (χ1n) is 8.71. The number of ether oxygens (including phenoxy) is 1. The van der Waals surface area contributed by atoms with Gasteiger partial charge in [-0.3, -0.25) is 9.69 Å². The molecule has 134 valence electrons. The van der Waals surface area contributed by atoms with Gasteiger partial charge in [0.15, 0.2) is 0 Å². The molecule has 8 heteroatoms. The third kappa shape index (κ3) is 3.65. The Morgan fingerprint density at radius 3 is 2.52 bits per heavy atom. The molecule has 2 aromatic rings. The van der Waals surface area contributed by atoms with Crippen LogP contribution < -0.4 is 0 Å². The van der Waals surface area contributed by atoms with E-state index in [1.165, 1.54) is 4.80 Å². The van der Waals surface area contributed by atoms with E-state index < -0.39 is 5.60 Å². The van der Waals surface area contributed by atoms with Crippen molar-refractivity contribution >= 4 is 16.9 Å². The van der Waals surface area contributed by atoms with Gasteiger partial charge in [-0.05, 0) is 18.6 Å². The predicted molar refractivity (Wildman–Crippen MR) is 90.9 cm³/mol. The number of rotatable bonds is 4. The molecule has 2 fully saturated rings. The molecule has 1 aromatic heterocycles. The maximum atomic E-state index is 12.6. The molecule has 0 radical (unpaired) electrons. The molecule has 2 aliphatic heterocycles. The number of morpholine rings is 1. The van der Waals surface area contributed by atoms with Crippen LogP contribution in [0.15, 0.2) is 24.3 Å². The van der Waals surface area contributed by atoms with Crippen LogP contribution in [0.5, 0.6) is 0 Å². The van der Waals surface area contributed by atoms with Gasteiger partial charge in [0.05, 0.1) is 25.4 Å². The van der Waals surface area contributed by atoms with E-state index in [2.05, 4.69) is 15.1 Å². The van der Waals surface area contributed by atoms with Crippen molar-refractivity contribution in [2.75, 3.05) is 45.9 Å². The molecule has 25 heavy (non-hydrogen) atoms. The highest BCUT2D eigenvalue weighted by Gasteiger charge is 2.39. The summed E-state index contributed by atoms with van der Waals surface area (Å²) in [5, 5.41) is 19.5. The van der Waals surface area contributed by atoms with Crippen molar-refractivity contribution in [3.8, 4) is 0 Å². The fourth-order valence-corrected chi connectivity index (χ4v) is 3.57. The number of benzene rings is 1. The summed E-state index contributed by atoms with van der Waals surface area (Å²) < 4.78 is 5.34. The monoisotopic (exact) mass is 345 g/mol. The second-order valence-electron chi connectivity index (χ2n) is 6.90. The Morgan fingerprint density at radius 2 is 1.84 bits per heavy atom. The molecule has 0 spiro atoms. The van der Waals surface area contributed by atoms with E-state index in [0.29, 0.717) is 39.3 Å². The molecule has 0 aliphatic carbocycles. The SMILES string of the molecule is O=C(Cn1nc2ccccc2n1)N1CCC(O)(CN2CCOCC2)C1. The number of hydrogen-bond donors (Lipinski definition) is 1. The molecule has 2 aliphatic rings. The highest BCUT2D eigenvalue weighted by molar-refractivity contribution is 5.77. The first kappa shape index (κ1) is 16.4. The molecular weight excluding hydrogens is 322 g/mol. The van der Waals surface area contributed by atoms with Crippen LogP contribution in [-0.2, 0) is 16.1 Å². The fraction of sp³-hybridized carbons (Fsp3) is 0.588. The van der Waals surface area contributed by atoms with Crippen LogP contribution in [-0.4, -0.2) is 87.3 Å². The van der Waals surface area contributed by atoms with E-state index in [1.807, 2.05) is 24.3 Å². The average molecular weight is 345 g/mol. The van der Waals surface area contributed by atoms with Crippen LogP contribution in [0.25, 0.3) is 11.0 Å². The lowest BCUT2D eigenvalue weighted by molar-refractivity contribution is -0.132. The van der Waals surface area contributed by atoms with Gasteiger partial charge in [-0.1, -0.05) is 12.1 Å². The lowest BCUT2D eigenvalue weighted by atomic mass is 10.0. The predicted octanol–water partition coefficient (Wildman–Crippen LogP) is -0.273. The van der Waals surface area contributed by atoms with Crippen LogP contribution in [0.4, 0.5) is 0 Å².